The lowest BCUT2D eigenvalue weighted by Gasteiger charge is -2.03. The topological polar surface area (TPSA) is 17.1 Å². The van der Waals surface area contributed by atoms with E-state index in [1.54, 1.807) is 0 Å². The highest BCUT2D eigenvalue weighted by Gasteiger charge is 2.01. The van der Waals surface area contributed by atoms with E-state index in [1.165, 1.54) is 109 Å². The van der Waals surface area contributed by atoms with E-state index in [0.29, 0.717) is 18.1 Å². The summed E-state index contributed by atoms with van der Waals surface area (Å²) in [7, 11) is 0. The van der Waals surface area contributed by atoms with Gasteiger partial charge in [-0.1, -0.05) is 103 Å². The molecule has 0 N–H and O–H groups in total. The number of allylic oxidation sites excluding steroid dienone is 2. The van der Waals surface area contributed by atoms with Crippen LogP contribution in [0.5, 0.6) is 0 Å². The van der Waals surface area contributed by atoms with Crippen molar-refractivity contribution in [2.24, 2.45) is 0 Å². The fourth-order valence-corrected chi connectivity index (χ4v) is 3.80. The Kier molecular flexibility index (Phi) is 24.5. The van der Waals surface area contributed by atoms with Gasteiger partial charge in [0.25, 0.3) is 0 Å². The Balaban J connectivity index is 3.12. The van der Waals surface area contributed by atoms with Crippen molar-refractivity contribution >= 4 is 17.4 Å². The lowest BCUT2D eigenvalue weighted by atomic mass is 10.0. The van der Waals surface area contributed by atoms with Crippen LogP contribution < -0.4 is 0 Å². The number of carbonyl (C=O) groups excluding carboxylic acids is 1. The Bertz CT molecular complexity index is 337. The molecule has 0 fully saturated rings. The van der Waals surface area contributed by atoms with Gasteiger partial charge in [-0.05, 0) is 38.5 Å². The van der Waals surface area contributed by atoms with Gasteiger partial charge in [-0.2, -0.15) is 0 Å². The summed E-state index contributed by atoms with van der Waals surface area (Å²) in [5.74, 6) is 1.01. The lowest BCUT2D eigenvalue weighted by Crippen LogP contribution is -1.97. The third-order valence-electron chi connectivity index (χ3n) is 5.56. The molecule has 1 nitrogen and oxygen atoms in total. The summed E-state index contributed by atoms with van der Waals surface area (Å²) >= 11 is 5.61. The second-order valence-corrected chi connectivity index (χ2v) is 8.81. The first-order chi connectivity index (χ1) is 13.8. The molecule has 0 heterocycles. The Morgan fingerprint density at radius 1 is 0.571 bits per heavy atom. The maximum Gasteiger partial charge on any atom is 0.132 e. The molecule has 0 saturated heterocycles. The number of unbranched alkanes of at least 4 members (excludes halogenated alkanes) is 16. The predicted octanol–water partition coefficient (Wildman–Crippen LogP) is 9.56. The molecule has 28 heavy (non-hydrogen) atoms. The molecule has 166 valence electrons. The van der Waals surface area contributed by atoms with Crippen LogP contribution in [-0.4, -0.2) is 11.7 Å². The molecule has 0 aromatic rings. The summed E-state index contributed by atoms with van der Waals surface area (Å²) in [5, 5.41) is 0. The van der Waals surface area contributed by atoms with Gasteiger partial charge >= 0.3 is 0 Å². The van der Waals surface area contributed by atoms with E-state index < -0.39 is 0 Å². The van der Waals surface area contributed by atoms with Gasteiger partial charge in [-0.25, -0.2) is 0 Å². The molecule has 0 saturated carbocycles. The number of hydrogen-bond donors (Lipinski definition) is 0. The number of Topliss-reactive ketones (excluding diaryl/α,β-unsaturated/α-hetero) is 1. The third-order valence-corrected chi connectivity index (χ3v) is 5.82. The highest BCUT2D eigenvalue weighted by Crippen LogP contribution is 2.13. The Hall–Kier alpha value is -0.300. The Morgan fingerprint density at radius 2 is 0.964 bits per heavy atom. The minimum Gasteiger partial charge on any atom is -0.300 e. The SMILES string of the molecule is CCCCCCCC/C=C\CCCCCCCCCCCCC(=O)CCCCl. The van der Waals surface area contributed by atoms with Gasteiger partial charge < -0.3 is 0 Å². The van der Waals surface area contributed by atoms with E-state index in [4.69, 9.17) is 11.6 Å². The van der Waals surface area contributed by atoms with Crippen LogP contribution in [0.25, 0.3) is 0 Å². The second kappa shape index (κ2) is 24.7. The molecule has 0 aliphatic heterocycles. The first-order valence-electron chi connectivity index (χ1n) is 12.5. The van der Waals surface area contributed by atoms with Crippen LogP contribution in [-0.2, 0) is 4.79 Å². The fraction of sp³-hybridized carbons (Fsp3) is 0.885. The molecule has 0 bridgehead atoms. The first kappa shape index (κ1) is 27.7. The second-order valence-electron chi connectivity index (χ2n) is 8.43. The number of ketones is 1. The van der Waals surface area contributed by atoms with E-state index >= 15 is 0 Å². The maximum atomic E-state index is 11.5. The molecule has 0 rings (SSSR count). The predicted molar refractivity (Wildman–Crippen MR) is 127 cm³/mol. The average Bonchev–Trinajstić information content (AvgIpc) is 2.70. The quantitative estimate of drug-likeness (QED) is 0.0926. The van der Waals surface area contributed by atoms with Crippen LogP contribution in [0.1, 0.15) is 142 Å². The summed E-state index contributed by atoms with van der Waals surface area (Å²) in [6.07, 6.45) is 31.3. The molecule has 0 radical (unpaired) electrons. The third kappa shape index (κ3) is 23.7. The summed E-state index contributed by atoms with van der Waals surface area (Å²) in [6.45, 7) is 2.28. The summed E-state index contributed by atoms with van der Waals surface area (Å²) in [6, 6.07) is 0. The zero-order valence-electron chi connectivity index (χ0n) is 19.0. The van der Waals surface area contributed by atoms with Crippen molar-refractivity contribution in [2.75, 3.05) is 5.88 Å². The molecule has 0 aliphatic rings. The van der Waals surface area contributed by atoms with Crippen LogP contribution in [0.4, 0.5) is 0 Å². The fourth-order valence-electron chi connectivity index (χ4n) is 3.67. The van der Waals surface area contributed by atoms with Crippen molar-refractivity contribution in [2.45, 2.75) is 142 Å². The normalized spacial score (nSPS) is 11.5. The summed E-state index contributed by atoms with van der Waals surface area (Å²) < 4.78 is 0. The molecule has 2 heteroatoms. The van der Waals surface area contributed by atoms with E-state index in [-0.39, 0.29) is 0 Å². The van der Waals surface area contributed by atoms with Crippen LogP contribution in [0, 0.1) is 0 Å². The van der Waals surface area contributed by atoms with Crippen molar-refractivity contribution in [3.63, 3.8) is 0 Å². The van der Waals surface area contributed by atoms with E-state index in [1.807, 2.05) is 0 Å². The standard InChI is InChI=1S/C26H49ClO/c1-2-3-4-5-6-7-8-9-10-11-12-13-14-15-16-17-18-19-20-21-23-26(28)24-22-25-27/h9-10H,2-8,11-25H2,1H3/b10-9-. The smallest absolute Gasteiger partial charge is 0.132 e. The van der Waals surface area contributed by atoms with Crippen molar-refractivity contribution in [3.8, 4) is 0 Å². The summed E-state index contributed by atoms with van der Waals surface area (Å²) in [5.41, 5.74) is 0. The van der Waals surface area contributed by atoms with Crippen molar-refractivity contribution in [1.29, 1.82) is 0 Å². The Labute approximate surface area is 182 Å². The molecule has 0 aliphatic carbocycles. The molecule has 0 amide bonds. The number of carbonyl (C=O) groups is 1. The minimum atomic E-state index is 0.401. The van der Waals surface area contributed by atoms with Gasteiger partial charge in [-0.3, -0.25) is 4.79 Å². The summed E-state index contributed by atoms with van der Waals surface area (Å²) in [4.78, 5) is 11.5. The van der Waals surface area contributed by atoms with Crippen molar-refractivity contribution in [3.05, 3.63) is 12.2 Å². The maximum absolute atomic E-state index is 11.5. The number of rotatable bonds is 23. The van der Waals surface area contributed by atoms with E-state index in [9.17, 15) is 4.79 Å². The first-order valence-corrected chi connectivity index (χ1v) is 13.1. The monoisotopic (exact) mass is 412 g/mol. The Morgan fingerprint density at radius 3 is 1.43 bits per heavy atom. The number of alkyl halides is 1. The minimum absolute atomic E-state index is 0.401. The van der Waals surface area contributed by atoms with Gasteiger partial charge in [0.15, 0.2) is 0 Å². The van der Waals surface area contributed by atoms with Crippen LogP contribution >= 0.6 is 11.6 Å². The van der Waals surface area contributed by atoms with Gasteiger partial charge in [0, 0.05) is 18.7 Å². The van der Waals surface area contributed by atoms with E-state index in [2.05, 4.69) is 19.1 Å². The van der Waals surface area contributed by atoms with Gasteiger partial charge in [0.05, 0.1) is 0 Å². The van der Waals surface area contributed by atoms with Gasteiger partial charge in [0.2, 0.25) is 0 Å². The molecule has 0 aromatic heterocycles. The molecule has 0 unspecified atom stereocenters. The zero-order valence-corrected chi connectivity index (χ0v) is 19.8. The van der Waals surface area contributed by atoms with Gasteiger partial charge in [0.1, 0.15) is 5.78 Å². The van der Waals surface area contributed by atoms with Crippen LogP contribution in [0.15, 0.2) is 12.2 Å². The van der Waals surface area contributed by atoms with Gasteiger partial charge in [-0.15, -0.1) is 11.6 Å². The van der Waals surface area contributed by atoms with Crippen LogP contribution in [0.3, 0.4) is 0 Å². The highest BCUT2D eigenvalue weighted by molar-refractivity contribution is 6.17. The molecule has 0 atom stereocenters. The molecular formula is C26H49ClO. The molecular weight excluding hydrogens is 364 g/mol. The average molecular weight is 413 g/mol. The number of halogens is 1. The number of hydrogen-bond acceptors (Lipinski definition) is 1. The van der Waals surface area contributed by atoms with Crippen molar-refractivity contribution in [1.82, 2.24) is 0 Å². The largest absolute Gasteiger partial charge is 0.300 e. The van der Waals surface area contributed by atoms with Crippen molar-refractivity contribution < 1.29 is 4.79 Å². The van der Waals surface area contributed by atoms with E-state index in [0.717, 1.165) is 19.3 Å². The zero-order chi connectivity index (χ0) is 20.5. The molecule has 0 spiro atoms. The lowest BCUT2D eigenvalue weighted by molar-refractivity contribution is -0.119. The highest BCUT2D eigenvalue weighted by atomic mass is 35.5. The van der Waals surface area contributed by atoms with Crippen LogP contribution in [0.2, 0.25) is 0 Å². The molecule has 0 aromatic carbocycles.